The average Bonchev–Trinajstić information content (AvgIpc) is 3.22. The van der Waals surface area contributed by atoms with Crippen LogP contribution in [0.5, 0.6) is 0 Å². The number of imidazole rings is 1. The summed E-state index contributed by atoms with van der Waals surface area (Å²) in [6.45, 7) is 18.4. The quantitative estimate of drug-likeness (QED) is 0.331. The fraction of sp³-hybridized carbons (Fsp3) is 0.387. The molecule has 2 aromatic heterocycles. The van der Waals surface area contributed by atoms with Gasteiger partial charge in [0.2, 0.25) is 0 Å². The van der Waals surface area contributed by atoms with Gasteiger partial charge in [0, 0.05) is 16.7 Å². The average molecular weight is 475 g/mol. The SMILES string of the molecule is CC(C)c1cccc(C(C)C)c1-c1cccc2c[n+](-c3c(C(C)C)cccc3C(C)C)cn12.[Cl-]. The molecule has 180 valence electrons. The van der Waals surface area contributed by atoms with Crippen LogP contribution in [0, 0.1) is 0 Å². The molecule has 4 aromatic rings. The van der Waals surface area contributed by atoms with Crippen molar-refractivity contribution in [2.24, 2.45) is 0 Å². The van der Waals surface area contributed by atoms with Crippen LogP contribution in [-0.4, -0.2) is 4.40 Å². The van der Waals surface area contributed by atoms with E-state index >= 15 is 0 Å². The summed E-state index contributed by atoms with van der Waals surface area (Å²) in [5, 5.41) is 0. The van der Waals surface area contributed by atoms with E-state index in [4.69, 9.17) is 0 Å². The molecule has 3 heteroatoms. The Kier molecular flexibility index (Phi) is 7.93. The van der Waals surface area contributed by atoms with Crippen molar-refractivity contribution in [2.45, 2.75) is 79.1 Å². The maximum Gasteiger partial charge on any atom is 0.254 e. The second kappa shape index (κ2) is 10.4. The molecule has 2 heterocycles. The highest BCUT2D eigenvalue weighted by Crippen LogP contribution is 2.36. The van der Waals surface area contributed by atoms with Crippen LogP contribution in [0.15, 0.2) is 67.1 Å². The first-order valence-electron chi connectivity index (χ1n) is 12.5. The zero-order valence-electron chi connectivity index (χ0n) is 21.9. The Balaban J connectivity index is 0.00000324. The van der Waals surface area contributed by atoms with Gasteiger partial charge in [-0.3, -0.25) is 0 Å². The van der Waals surface area contributed by atoms with E-state index < -0.39 is 0 Å². The van der Waals surface area contributed by atoms with Gasteiger partial charge >= 0.3 is 0 Å². The lowest BCUT2D eigenvalue weighted by Crippen LogP contribution is -3.00. The summed E-state index contributed by atoms with van der Waals surface area (Å²) in [6, 6.07) is 20.3. The Morgan fingerprint density at radius 3 is 1.50 bits per heavy atom. The maximum atomic E-state index is 2.38. The lowest BCUT2D eigenvalue weighted by Gasteiger charge is -2.18. The highest BCUT2D eigenvalue weighted by Gasteiger charge is 2.24. The normalized spacial score (nSPS) is 11.8. The molecule has 2 nitrogen and oxygen atoms in total. The standard InChI is InChI=1S/C31H39N2.ClH/c1-20(2)25-13-10-14-26(21(3)4)30(25)29-17-9-12-24-18-32(19-33(24)29)31-27(22(5)6)15-11-16-28(31)23(7)8;/h9-23H,1-8H3;1H/q+1;/p-1. The van der Waals surface area contributed by atoms with Gasteiger partial charge in [-0.15, -0.1) is 0 Å². The fourth-order valence-corrected chi connectivity index (χ4v) is 5.05. The molecule has 0 N–H and O–H groups in total. The van der Waals surface area contributed by atoms with Crippen molar-refractivity contribution in [1.29, 1.82) is 0 Å². The van der Waals surface area contributed by atoms with Gasteiger partial charge in [0.15, 0.2) is 5.52 Å². The number of para-hydroxylation sites is 1. The van der Waals surface area contributed by atoms with E-state index in [-0.39, 0.29) is 12.4 Å². The number of rotatable bonds is 6. The molecule has 0 aliphatic rings. The van der Waals surface area contributed by atoms with Gasteiger partial charge in [0.25, 0.3) is 6.33 Å². The van der Waals surface area contributed by atoms with Gasteiger partial charge in [0.05, 0.1) is 0 Å². The Hall–Kier alpha value is -2.58. The highest BCUT2D eigenvalue weighted by atomic mass is 35.5. The predicted molar refractivity (Wildman–Crippen MR) is 141 cm³/mol. The molecule has 4 rings (SSSR count). The van der Waals surface area contributed by atoms with Crippen molar-refractivity contribution in [2.75, 3.05) is 0 Å². The summed E-state index contributed by atoms with van der Waals surface area (Å²) < 4.78 is 4.74. The molecule has 0 fully saturated rings. The van der Waals surface area contributed by atoms with Crippen molar-refractivity contribution in [3.05, 3.63) is 89.4 Å². The van der Waals surface area contributed by atoms with Crippen molar-refractivity contribution < 1.29 is 17.0 Å². The van der Waals surface area contributed by atoms with Crippen LogP contribution in [0.2, 0.25) is 0 Å². The molecule has 0 unspecified atom stereocenters. The number of fused-ring (bicyclic) bond motifs is 1. The summed E-state index contributed by atoms with van der Waals surface area (Å²) in [6.07, 6.45) is 4.59. The third-order valence-electron chi connectivity index (χ3n) is 6.80. The molecule has 2 aromatic carbocycles. The topological polar surface area (TPSA) is 8.29 Å². The molecule has 0 atom stereocenters. The number of hydrogen-bond donors (Lipinski definition) is 0. The molecule has 34 heavy (non-hydrogen) atoms. The van der Waals surface area contributed by atoms with E-state index in [2.05, 4.69) is 131 Å². The third kappa shape index (κ3) is 4.66. The molecule has 0 spiro atoms. The number of nitrogens with zero attached hydrogens (tertiary/aromatic N) is 2. The molecule has 0 bridgehead atoms. The smallest absolute Gasteiger partial charge is 0.254 e. The molecular weight excluding hydrogens is 436 g/mol. The van der Waals surface area contributed by atoms with E-state index in [1.807, 2.05) is 0 Å². The summed E-state index contributed by atoms with van der Waals surface area (Å²) in [7, 11) is 0. The van der Waals surface area contributed by atoms with Crippen LogP contribution in [-0.2, 0) is 0 Å². The van der Waals surface area contributed by atoms with E-state index in [0.717, 1.165) is 0 Å². The van der Waals surface area contributed by atoms with Crippen molar-refractivity contribution >= 4 is 5.52 Å². The van der Waals surface area contributed by atoms with Crippen molar-refractivity contribution in [1.82, 2.24) is 4.40 Å². The number of pyridine rings is 1. The largest absolute Gasteiger partial charge is 1.00 e. The lowest BCUT2D eigenvalue weighted by molar-refractivity contribution is -0.595. The second-order valence-electron chi connectivity index (χ2n) is 10.6. The van der Waals surface area contributed by atoms with E-state index in [9.17, 15) is 0 Å². The molecule has 0 saturated heterocycles. The van der Waals surface area contributed by atoms with E-state index in [1.54, 1.807) is 0 Å². The van der Waals surface area contributed by atoms with Gasteiger partial charge in [0.1, 0.15) is 17.6 Å². The number of hydrogen-bond acceptors (Lipinski definition) is 0. The Bertz CT molecular complexity index is 1230. The van der Waals surface area contributed by atoms with Gasteiger partial charge in [-0.1, -0.05) is 97.9 Å². The zero-order valence-corrected chi connectivity index (χ0v) is 22.7. The van der Waals surface area contributed by atoms with Crippen LogP contribution in [0.4, 0.5) is 0 Å². The molecule has 0 amide bonds. The number of benzene rings is 2. The maximum absolute atomic E-state index is 2.38. The minimum absolute atomic E-state index is 0. The van der Waals surface area contributed by atoms with Crippen molar-refractivity contribution in [3.8, 4) is 16.9 Å². The van der Waals surface area contributed by atoms with Crippen LogP contribution < -0.4 is 17.0 Å². The first-order chi connectivity index (χ1) is 15.7. The molecule has 0 aliphatic heterocycles. The minimum Gasteiger partial charge on any atom is -1.00 e. The summed E-state index contributed by atoms with van der Waals surface area (Å²) in [5.41, 5.74) is 10.8. The predicted octanol–water partition coefficient (Wildman–Crippen LogP) is 5.38. The van der Waals surface area contributed by atoms with Crippen molar-refractivity contribution in [3.63, 3.8) is 0 Å². The Morgan fingerprint density at radius 1 is 0.588 bits per heavy atom. The van der Waals surface area contributed by atoms with Crippen LogP contribution in [0.25, 0.3) is 22.5 Å². The summed E-state index contributed by atoms with van der Waals surface area (Å²) in [5.74, 6) is 1.85. The minimum atomic E-state index is 0. The molecule has 0 saturated carbocycles. The van der Waals surface area contributed by atoms with Gasteiger partial charge in [-0.2, -0.15) is 4.40 Å². The van der Waals surface area contributed by atoms with Crippen LogP contribution in [0.3, 0.4) is 0 Å². The Morgan fingerprint density at radius 2 is 1.03 bits per heavy atom. The lowest BCUT2D eigenvalue weighted by atomic mass is 9.87. The van der Waals surface area contributed by atoms with E-state index in [0.29, 0.717) is 23.7 Å². The third-order valence-corrected chi connectivity index (χ3v) is 6.80. The number of aromatic nitrogens is 2. The fourth-order valence-electron chi connectivity index (χ4n) is 5.05. The van der Waals surface area contributed by atoms with E-state index in [1.165, 1.54) is 44.7 Å². The van der Waals surface area contributed by atoms with Gasteiger partial charge in [-0.05, 0) is 46.9 Å². The molecular formula is C31H39ClN2. The Labute approximate surface area is 212 Å². The summed E-state index contributed by atoms with van der Waals surface area (Å²) in [4.78, 5) is 0. The molecule has 0 aliphatic carbocycles. The van der Waals surface area contributed by atoms with Gasteiger partial charge in [-0.25, -0.2) is 4.57 Å². The van der Waals surface area contributed by atoms with Crippen LogP contribution >= 0.6 is 0 Å². The molecule has 0 radical (unpaired) electrons. The highest BCUT2D eigenvalue weighted by molar-refractivity contribution is 5.72. The zero-order chi connectivity index (χ0) is 23.9. The monoisotopic (exact) mass is 474 g/mol. The second-order valence-corrected chi connectivity index (χ2v) is 10.6. The summed E-state index contributed by atoms with van der Waals surface area (Å²) >= 11 is 0. The number of halogens is 1. The van der Waals surface area contributed by atoms with Gasteiger partial charge < -0.3 is 12.4 Å². The van der Waals surface area contributed by atoms with Crippen LogP contribution in [0.1, 0.15) is 101 Å². The first-order valence-corrected chi connectivity index (χ1v) is 12.5. The first kappa shape index (κ1) is 26.0.